The van der Waals surface area contributed by atoms with E-state index in [0.29, 0.717) is 22.8 Å². The van der Waals surface area contributed by atoms with E-state index in [1.54, 1.807) is 19.2 Å². The van der Waals surface area contributed by atoms with Crippen LogP contribution in [0.4, 0.5) is 0 Å². The average molecular weight is 384 g/mol. The Morgan fingerprint density at radius 2 is 1.41 bits per heavy atom. The number of carbonyl (C=O) groups is 1. The number of hydrogen-bond acceptors (Lipinski definition) is 5. The maximum Gasteiger partial charge on any atom is 1.00 e. The molecule has 0 saturated heterocycles. The molecule has 0 spiro atoms. The molecule has 0 aliphatic rings. The first-order chi connectivity index (χ1) is 12.3. The second kappa shape index (κ2) is 10.0. The standard InChI is InChI=1S/C20H25O5P.Li.H/c1-20(2,3)25-13-7-9-15(10-8-13)26-19(21)18-16(23-5)11-14(22-4)12-17(18)24-6;;/h7-12,26H,1-6H3;;/q;+1;-1. The summed E-state index contributed by atoms with van der Waals surface area (Å²) in [5.74, 6) is 2.22. The molecule has 0 aliphatic carbocycles. The minimum absolute atomic E-state index is 0. The molecule has 1 unspecified atom stereocenters. The van der Waals surface area contributed by atoms with Crippen molar-refractivity contribution >= 4 is 19.4 Å². The fourth-order valence-electron chi connectivity index (χ4n) is 2.38. The Morgan fingerprint density at radius 3 is 1.81 bits per heavy atom. The van der Waals surface area contributed by atoms with E-state index in [1.165, 1.54) is 14.2 Å². The van der Waals surface area contributed by atoms with Gasteiger partial charge in [0, 0.05) is 12.1 Å². The smallest absolute Gasteiger partial charge is 1.00 e. The van der Waals surface area contributed by atoms with Gasteiger partial charge in [0.05, 0.1) is 21.3 Å². The van der Waals surface area contributed by atoms with Crippen LogP contribution in [0.1, 0.15) is 32.6 Å². The van der Waals surface area contributed by atoms with Crippen molar-refractivity contribution in [3.05, 3.63) is 42.0 Å². The zero-order valence-corrected chi connectivity index (χ0v) is 18.0. The van der Waals surface area contributed by atoms with Crippen molar-refractivity contribution in [2.24, 2.45) is 0 Å². The molecule has 0 aliphatic heterocycles. The molecule has 0 radical (unpaired) electrons. The Kier molecular flexibility index (Phi) is 8.69. The minimum atomic E-state index is -0.260. The van der Waals surface area contributed by atoms with Crippen LogP contribution in [-0.4, -0.2) is 32.5 Å². The molecule has 2 aromatic rings. The van der Waals surface area contributed by atoms with Gasteiger partial charge in [-0.05, 0) is 46.8 Å². The largest absolute Gasteiger partial charge is 1.00 e. The first-order valence-corrected chi connectivity index (χ1v) is 9.18. The van der Waals surface area contributed by atoms with Gasteiger partial charge in [-0.25, -0.2) is 0 Å². The van der Waals surface area contributed by atoms with Crippen molar-refractivity contribution in [1.82, 2.24) is 0 Å². The van der Waals surface area contributed by atoms with E-state index in [4.69, 9.17) is 18.9 Å². The summed E-state index contributed by atoms with van der Waals surface area (Å²) in [6.07, 6.45) is 0. The van der Waals surface area contributed by atoms with E-state index in [0.717, 1.165) is 11.1 Å². The molecule has 0 bridgehead atoms. The fourth-order valence-corrected chi connectivity index (χ4v) is 3.35. The van der Waals surface area contributed by atoms with Gasteiger partial charge in [-0.3, -0.25) is 4.79 Å². The second-order valence-corrected chi connectivity index (χ2v) is 7.88. The van der Waals surface area contributed by atoms with E-state index < -0.39 is 0 Å². The van der Waals surface area contributed by atoms with E-state index in [1.807, 2.05) is 45.0 Å². The van der Waals surface area contributed by atoms with Crippen LogP contribution in [0.2, 0.25) is 0 Å². The van der Waals surface area contributed by atoms with Crippen LogP contribution in [0.15, 0.2) is 36.4 Å². The Bertz CT molecular complexity index is 750. The van der Waals surface area contributed by atoms with E-state index in [-0.39, 0.29) is 40.0 Å². The Hall–Kier alpha value is -1.66. The minimum Gasteiger partial charge on any atom is -1.00 e. The quantitative estimate of drug-likeness (QED) is 0.530. The van der Waals surface area contributed by atoms with E-state index >= 15 is 0 Å². The monoisotopic (exact) mass is 384 g/mol. The molecule has 7 heteroatoms. The van der Waals surface area contributed by atoms with Gasteiger partial charge in [-0.2, -0.15) is 0 Å². The predicted molar refractivity (Wildman–Crippen MR) is 106 cm³/mol. The average Bonchev–Trinajstić information content (AvgIpc) is 2.60. The number of rotatable bonds is 7. The summed E-state index contributed by atoms with van der Waals surface area (Å²) < 4.78 is 21.8. The Balaban J connectivity index is 0.00000364. The van der Waals surface area contributed by atoms with Gasteiger partial charge in [-0.15, -0.1) is 0 Å². The van der Waals surface area contributed by atoms with Crippen molar-refractivity contribution < 1.29 is 44.0 Å². The van der Waals surface area contributed by atoms with Gasteiger partial charge in [0.2, 0.25) is 0 Å². The molecule has 142 valence electrons. The van der Waals surface area contributed by atoms with Crippen LogP contribution in [0.3, 0.4) is 0 Å². The summed E-state index contributed by atoms with van der Waals surface area (Å²) >= 11 is 0. The summed E-state index contributed by atoms with van der Waals surface area (Å²) in [7, 11) is 4.54. The van der Waals surface area contributed by atoms with E-state index in [9.17, 15) is 4.79 Å². The van der Waals surface area contributed by atoms with Crippen LogP contribution < -0.4 is 43.1 Å². The van der Waals surface area contributed by atoms with Gasteiger partial charge in [0.25, 0.3) is 0 Å². The van der Waals surface area contributed by atoms with Gasteiger partial charge in [-0.1, -0.05) is 12.1 Å². The maximum absolute atomic E-state index is 12.9. The molecule has 2 aromatic carbocycles. The third-order valence-corrected chi connectivity index (χ3v) is 4.58. The Morgan fingerprint density at radius 1 is 0.889 bits per heavy atom. The molecule has 5 nitrogen and oxygen atoms in total. The van der Waals surface area contributed by atoms with Crippen molar-refractivity contribution in [2.75, 3.05) is 21.3 Å². The van der Waals surface area contributed by atoms with E-state index in [2.05, 4.69) is 0 Å². The first-order valence-electron chi connectivity index (χ1n) is 8.18. The summed E-state index contributed by atoms with van der Waals surface area (Å²) in [5.41, 5.74) is 0.0960. The summed E-state index contributed by atoms with van der Waals surface area (Å²) in [5, 5.41) is 0.913. The normalized spacial score (nSPS) is 11.0. The molecular formula is C20H26LiO5P. The van der Waals surface area contributed by atoms with Crippen LogP contribution in [0.5, 0.6) is 23.0 Å². The number of ether oxygens (including phenoxy) is 4. The molecule has 1 atom stereocenters. The molecule has 0 fully saturated rings. The summed E-state index contributed by atoms with van der Waals surface area (Å²) in [6, 6.07) is 10.9. The summed E-state index contributed by atoms with van der Waals surface area (Å²) in [6.45, 7) is 5.98. The number of methoxy groups -OCH3 is 3. The first kappa shape index (κ1) is 23.4. The molecule has 0 aromatic heterocycles. The molecule has 2 rings (SSSR count). The zero-order valence-electron chi connectivity index (χ0n) is 18.0. The third-order valence-electron chi connectivity index (χ3n) is 3.48. The van der Waals surface area contributed by atoms with Crippen molar-refractivity contribution in [1.29, 1.82) is 0 Å². The van der Waals surface area contributed by atoms with Crippen LogP contribution >= 0.6 is 8.58 Å². The maximum atomic E-state index is 12.9. The van der Waals surface area contributed by atoms with Crippen LogP contribution in [0, 0.1) is 0 Å². The molecule has 27 heavy (non-hydrogen) atoms. The van der Waals surface area contributed by atoms with Crippen molar-refractivity contribution in [3.8, 4) is 23.0 Å². The SMILES string of the molecule is COc1cc(OC)c(C(=O)Pc2ccc(OC(C)(C)C)cc2)c(OC)c1.[H-].[Li+]. The number of hydrogen-bond donors (Lipinski definition) is 0. The van der Waals surface area contributed by atoms with Crippen molar-refractivity contribution in [2.45, 2.75) is 26.4 Å². The van der Waals surface area contributed by atoms with Crippen LogP contribution in [0.25, 0.3) is 0 Å². The van der Waals surface area contributed by atoms with Gasteiger partial charge in [0.15, 0.2) is 5.52 Å². The Labute approximate surface area is 176 Å². The predicted octanol–water partition coefficient (Wildman–Crippen LogP) is 1.15. The van der Waals surface area contributed by atoms with Crippen molar-refractivity contribution in [3.63, 3.8) is 0 Å². The van der Waals surface area contributed by atoms with Gasteiger partial charge in [0.1, 0.15) is 34.2 Å². The molecule has 0 amide bonds. The molecule has 0 N–H and O–H groups in total. The number of carbonyl (C=O) groups excluding carboxylic acids is 1. The topological polar surface area (TPSA) is 54.0 Å². The van der Waals surface area contributed by atoms with Gasteiger partial charge >= 0.3 is 18.9 Å². The number of benzene rings is 2. The summed E-state index contributed by atoms with van der Waals surface area (Å²) in [4.78, 5) is 12.9. The zero-order chi connectivity index (χ0) is 19.3. The molecular weight excluding hydrogens is 358 g/mol. The molecule has 0 heterocycles. The molecule has 0 saturated carbocycles. The van der Waals surface area contributed by atoms with Crippen LogP contribution in [-0.2, 0) is 0 Å². The fraction of sp³-hybridized carbons (Fsp3) is 0.350. The second-order valence-electron chi connectivity index (χ2n) is 6.60. The third kappa shape index (κ3) is 6.47. The van der Waals surface area contributed by atoms with Gasteiger partial charge < -0.3 is 20.4 Å².